The maximum Gasteiger partial charge on any atom is 0.305 e. The first-order valence-corrected chi connectivity index (χ1v) is 10.0. The van der Waals surface area contributed by atoms with Crippen molar-refractivity contribution in [2.45, 2.75) is 51.6 Å². The van der Waals surface area contributed by atoms with Gasteiger partial charge in [0.2, 0.25) is 11.8 Å². The van der Waals surface area contributed by atoms with Gasteiger partial charge in [-0.1, -0.05) is 56.3 Å². The fourth-order valence-corrected chi connectivity index (χ4v) is 3.32. The van der Waals surface area contributed by atoms with E-state index in [-0.39, 0.29) is 18.2 Å². The number of hydrogen-bond acceptors (Lipinski definition) is 4. The molecule has 7 heteroatoms. The van der Waals surface area contributed by atoms with Crippen LogP contribution in [0, 0.1) is 5.92 Å². The predicted molar refractivity (Wildman–Crippen MR) is 114 cm³/mol. The molecule has 0 fully saturated rings. The molecule has 0 heterocycles. The van der Waals surface area contributed by atoms with Crippen molar-refractivity contribution in [1.29, 1.82) is 0 Å². The summed E-state index contributed by atoms with van der Waals surface area (Å²) in [6, 6.07) is 12.2. The Morgan fingerprint density at radius 3 is 2.40 bits per heavy atom. The molecule has 0 saturated carbocycles. The summed E-state index contributed by atoms with van der Waals surface area (Å²) < 4.78 is 0. The molecule has 0 aliphatic carbocycles. The number of rotatable bonds is 11. The van der Waals surface area contributed by atoms with Crippen LogP contribution >= 0.6 is 0 Å². The van der Waals surface area contributed by atoms with Gasteiger partial charge >= 0.3 is 5.97 Å². The number of amides is 2. The quantitative estimate of drug-likeness (QED) is 0.491. The van der Waals surface area contributed by atoms with Gasteiger partial charge in [-0.15, -0.1) is 0 Å². The fraction of sp³-hybridized carbons (Fsp3) is 0.391. The SMILES string of the molecule is CC(C)[C@H](NC(=O)CCCc1cccc2ccccc12)C(=O)N[C@H](C=O)CC(=O)O. The van der Waals surface area contributed by atoms with Crippen molar-refractivity contribution >= 4 is 34.8 Å². The molecule has 0 aliphatic rings. The molecule has 2 aromatic rings. The smallest absolute Gasteiger partial charge is 0.305 e. The number of fused-ring (bicyclic) bond motifs is 1. The van der Waals surface area contributed by atoms with E-state index in [0.717, 1.165) is 17.2 Å². The van der Waals surface area contributed by atoms with Crippen LogP contribution < -0.4 is 10.6 Å². The Kier molecular flexibility index (Phi) is 8.53. The first-order valence-electron chi connectivity index (χ1n) is 10.0. The second kappa shape index (κ2) is 11.1. The summed E-state index contributed by atoms with van der Waals surface area (Å²) in [5.74, 6) is -2.23. The first-order chi connectivity index (χ1) is 14.3. The third-order valence-corrected chi connectivity index (χ3v) is 4.88. The van der Waals surface area contributed by atoms with Crippen molar-refractivity contribution < 1.29 is 24.3 Å². The van der Waals surface area contributed by atoms with Gasteiger partial charge in [0.1, 0.15) is 12.3 Å². The summed E-state index contributed by atoms with van der Waals surface area (Å²) in [6.07, 6.45) is 1.50. The predicted octanol–water partition coefficient (Wildman–Crippen LogP) is 2.46. The molecule has 0 radical (unpaired) electrons. The van der Waals surface area contributed by atoms with Gasteiger partial charge in [0.15, 0.2) is 0 Å². The summed E-state index contributed by atoms with van der Waals surface area (Å²) in [7, 11) is 0. The second-order valence-corrected chi connectivity index (χ2v) is 7.63. The fourth-order valence-electron chi connectivity index (χ4n) is 3.32. The van der Waals surface area contributed by atoms with E-state index in [1.807, 2.05) is 36.4 Å². The van der Waals surface area contributed by atoms with Crippen LogP contribution in [0.1, 0.15) is 38.7 Å². The van der Waals surface area contributed by atoms with Crippen molar-refractivity contribution in [3.05, 3.63) is 48.0 Å². The molecule has 2 aromatic carbocycles. The van der Waals surface area contributed by atoms with Crippen LogP contribution in [-0.2, 0) is 25.6 Å². The minimum absolute atomic E-state index is 0.218. The number of benzene rings is 2. The van der Waals surface area contributed by atoms with E-state index < -0.39 is 30.4 Å². The number of carboxylic acids is 1. The lowest BCUT2D eigenvalue weighted by Crippen LogP contribution is -2.52. The van der Waals surface area contributed by atoms with Gasteiger partial charge in [0, 0.05) is 6.42 Å². The minimum Gasteiger partial charge on any atom is -0.481 e. The Morgan fingerprint density at radius 1 is 1.03 bits per heavy atom. The highest BCUT2D eigenvalue weighted by atomic mass is 16.4. The number of aryl methyl sites for hydroxylation is 1. The Hall–Kier alpha value is -3.22. The summed E-state index contributed by atoms with van der Waals surface area (Å²) in [4.78, 5) is 46.6. The Bertz CT molecular complexity index is 904. The zero-order chi connectivity index (χ0) is 22.1. The largest absolute Gasteiger partial charge is 0.481 e. The standard InChI is InChI=1S/C23H28N2O5/c1-15(2)22(23(30)24-18(14-26)13-21(28)29)25-20(27)12-6-10-17-9-5-8-16-7-3-4-11-19(16)17/h3-5,7-9,11,14-15,18,22H,6,10,12-13H2,1-2H3,(H,24,30)(H,25,27)(H,28,29)/t18-,22-/m0/s1. The number of hydrogen-bond donors (Lipinski definition) is 3. The molecule has 2 amide bonds. The summed E-state index contributed by atoms with van der Waals surface area (Å²) in [5, 5.41) is 16.2. The number of nitrogens with one attached hydrogen (secondary N) is 2. The van der Waals surface area contributed by atoms with E-state index in [0.29, 0.717) is 12.7 Å². The van der Waals surface area contributed by atoms with E-state index >= 15 is 0 Å². The van der Waals surface area contributed by atoms with Crippen molar-refractivity contribution in [3.63, 3.8) is 0 Å². The van der Waals surface area contributed by atoms with Crippen molar-refractivity contribution in [2.24, 2.45) is 5.92 Å². The van der Waals surface area contributed by atoms with Gasteiger partial charge in [-0.05, 0) is 35.1 Å². The van der Waals surface area contributed by atoms with E-state index in [1.54, 1.807) is 13.8 Å². The van der Waals surface area contributed by atoms with Gasteiger partial charge in [-0.25, -0.2) is 0 Å². The second-order valence-electron chi connectivity index (χ2n) is 7.63. The Balaban J connectivity index is 1.91. The van der Waals surface area contributed by atoms with Gasteiger partial charge in [-0.3, -0.25) is 14.4 Å². The molecule has 2 atom stereocenters. The molecule has 2 rings (SSSR count). The van der Waals surface area contributed by atoms with Gasteiger partial charge < -0.3 is 20.5 Å². The minimum atomic E-state index is -1.19. The molecule has 0 spiro atoms. The molecule has 0 unspecified atom stereocenters. The maximum absolute atomic E-state index is 12.4. The summed E-state index contributed by atoms with van der Waals surface area (Å²) in [5.41, 5.74) is 1.17. The van der Waals surface area contributed by atoms with Crippen LogP contribution in [0.2, 0.25) is 0 Å². The molecule has 0 aliphatic heterocycles. The molecule has 30 heavy (non-hydrogen) atoms. The normalized spacial score (nSPS) is 12.9. The molecule has 0 saturated heterocycles. The third-order valence-electron chi connectivity index (χ3n) is 4.88. The zero-order valence-corrected chi connectivity index (χ0v) is 17.3. The van der Waals surface area contributed by atoms with Crippen LogP contribution in [0.3, 0.4) is 0 Å². The molecular weight excluding hydrogens is 384 g/mol. The van der Waals surface area contributed by atoms with Gasteiger partial charge in [0.25, 0.3) is 0 Å². The summed E-state index contributed by atoms with van der Waals surface area (Å²) >= 11 is 0. The van der Waals surface area contributed by atoms with Gasteiger partial charge in [0.05, 0.1) is 12.5 Å². The van der Waals surface area contributed by atoms with E-state index in [2.05, 4.69) is 16.7 Å². The highest BCUT2D eigenvalue weighted by molar-refractivity contribution is 5.90. The third kappa shape index (κ3) is 6.69. The number of aliphatic carboxylic acids is 1. The highest BCUT2D eigenvalue weighted by Crippen LogP contribution is 2.20. The van der Waals surface area contributed by atoms with E-state index in [1.165, 1.54) is 5.56 Å². The molecule has 0 aromatic heterocycles. The number of carbonyl (C=O) groups is 4. The lowest BCUT2D eigenvalue weighted by molar-refractivity contribution is -0.139. The Morgan fingerprint density at radius 2 is 1.73 bits per heavy atom. The van der Waals surface area contributed by atoms with Crippen molar-refractivity contribution in [1.82, 2.24) is 10.6 Å². The van der Waals surface area contributed by atoms with Crippen LogP contribution in [0.4, 0.5) is 0 Å². The Labute approximate surface area is 175 Å². The van der Waals surface area contributed by atoms with Crippen LogP contribution in [-0.4, -0.2) is 41.3 Å². The van der Waals surface area contributed by atoms with Crippen LogP contribution in [0.25, 0.3) is 10.8 Å². The average molecular weight is 412 g/mol. The molecule has 3 N–H and O–H groups in total. The van der Waals surface area contributed by atoms with Crippen molar-refractivity contribution in [2.75, 3.05) is 0 Å². The molecular formula is C23H28N2O5. The highest BCUT2D eigenvalue weighted by Gasteiger charge is 2.26. The number of aldehydes is 1. The lowest BCUT2D eigenvalue weighted by atomic mass is 9.99. The van der Waals surface area contributed by atoms with Crippen molar-refractivity contribution in [3.8, 4) is 0 Å². The van der Waals surface area contributed by atoms with Gasteiger partial charge in [-0.2, -0.15) is 0 Å². The van der Waals surface area contributed by atoms with E-state index in [4.69, 9.17) is 5.11 Å². The molecule has 0 bridgehead atoms. The summed E-state index contributed by atoms with van der Waals surface area (Å²) in [6.45, 7) is 3.54. The molecule has 160 valence electrons. The monoisotopic (exact) mass is 412 g/mol. The average Bonchev–Trinajstić information content (AvgIpc) is 2.71. The van der Waals surface area contributed by atoms with Crippen LogP contribution in [0.5, 0.6) is 0 Å². The maximum atomic E-state index is 12.4. The first kappa shape index (κ1) is 23.1. The topological polar surface area (TPSA) is 113 Å². The number of carbonyl (C=O) groups excluding carboxylic acids is 3. The van der Waals surface area contributed by atoms with Crippen LogP contribution in [0.15, 0.2) is 42.5 Å². The number of carboxylic acid groups (broad SMARTS) is 1. The molecule has 7 nitrogen and oxygen atoms in total. The zero-order valence-electron chi connectivity index (χ0n) is 17.3. The van der Waals surface area contributed by atoms with E-state index in [9.17, 15) is 19.2 Å². The lowest BCUT2D eigenvalue weighted by Gasteiger charge is -2.23.